The highest BCUT2D eigenvalue weighted by Crippen LogP contribution is 2.30. The monoisotopic (exact) mass is 381 g/mol. The summed E-state index contributed by atoms with van der Waals surface area (Å²) in [5.41, 5.74) is 2.99. The van der Waals surface area contributed by atoms with E-state index in [0.29, 0.717) is 19.6 Å². The third-order valence-electron chi connectivity index (χ3n) is 5.48. The zero-order chi connectivity index (χ0) is 19.7. The van der Waals surface area contributed by atoms with E-state index in [1.54, 1.807) is 17.0 Å². The number of fused-ring (bicyclic) bond motifs is 1. The van der Waals surface area contributed by atoms with Crippen LogP contribution in [0.25, 0.3) is 0 Å². The topological polar surface area (TPSA) is 92.5 Å². The number of nitrogens with zero attached hydrogens (tertiary/aromatic N) is 5. The van der Waals surface area contributed by atoms with Gasteiger partial charge in [0.1, 0.15) is 11.4 Å². The van der Waals surface area contributed by atoms with Gasteiger partial charge in [0.05, 0.1) is 17.2 Å². The molecule has 0 atom stereocenters. The van der Waals surface area contributed by atoms with Crippen molar-refractivity contribution in [3.63, 3.8) is 0 Å². The molecule has 1 amide bonds. The summed E-state index contributed by atoms with van der Waals surface area (Å²) in [7, 11) is 0. The number of aryl methyl sites for hydroxylation is 1. The van der Waals surface area contributed by atoms with Gasteiger partial charge < -0.3 is 9.80 Å². The number of benzene rings is 1. The number of nitro benzene ring substituents is 1. The average Bonchev–Trinajstić information content (AvgIpc) is 3.26. The van der Waals surface area contributed by atoms with Crippen LogP contribution in [0.5, 0.6) is 0 Å². The maximum Gasteiger partial charge on any atom is 0.282 e. The van der Waals surface area contributed by atoms with Gasteiger partial charge in [-0.15, -0.1) is 0 Å². The number of amides is 1. The van der Waals surface area contributed by atoms with E-state index in [-0.39, 0.29) is 17.2 Å². The summed E-state index contributed by atoms with van der Waals surface area (Å²) in [5.74, 6) is 0.563. The van der Waals surface area contributed by atoms with E-state index in [1.165, 1.54) is 6.07 Å². The average molecular weight is 381 g/mol. The smallest absolute Gasteiger partial charge is 0.282 e. The fourth-order valence-electron chi connectivity index (χ4n) is 3.88. The molecule has 0 bridgehead atoms. The van der Waals surface area contributed by atoms with Crippen LogP contribution in [-0.4, -0.2) is 45.3 Å². The van der Waals surface area contributed by atoms with E-state index in [1.807, 2.05) is 13.1 Å². The fourth-order valence-corrected chi connectivity index (χ4v) is 3.88. The fraction of sp³-hybridized carbons (Fsp3) is 0.450. The molecule has 1 fully saturated rings. The molecule has 2 aromatic rings. The second-order valence-corrected chi connectivity index (χ2v) is 7.24. The summed E-state index contributed by atoms with van der Waals surface area (Å²) >= 11 is 0. The second-order valence-electron chi connectivity index (χ2n) is 7.24. The number of carbonyl (C=O) groups excluding carboxylic acids is 1. The van der Waals surface area contributed by atoms with Crippen molar-refractivity contribution in [2.75, 3.05) is 24.5 Å². The van der Waals surface area contributed by atoms with E-state index >= 15 is 0 Å². The number of likely N-dealkylation sites (tertiary alicyclic amines) is 1. The molecule has 1 aromatic heterocycles. The van der Waals surface area contributed by atoms with Gasteiger partial charge in [0, 0.05) is 44.0 Å². The molecule has 2 aliphatic rings. The lowest BCUT2D eigenvalue weighted by atomic mass is 10.0. The van der Waals surface area contributed by atoms with Crippen LogP contribution in [0.1, 0.15) is 47.2 Å². The van der Waals surface area contributed by atoms with Gasteiger partial charge in [-0.05, 0) is 37.0 Å². The van der Waals surface area contributed by atoms with Gasteiger partial charge >= 0.3 is 0 Å². The van der Waals surface area contributed by atoms with Crippen LogP contribution in [0.4, 0.5) is 11.4 Å². The van der Waals surface area contributed by atoms with Gasteiger partial charge in [0.15, 0.2) is 0 Å². The number of hydrogen-bond donors (Lipinski definition) is 0. The van der Waals surface area contributed by atoms with Gasteiger partial charge in [-0.2, -0.15) is 0 Å². The third kappa shape index (κ3) is 3.42. The first kappa shape index (κ1) is 18.3. The highest BCUT2D eigenvalue weighted by molar-refractivity contribution is 5.99. The number of nitro groups is 1. The Bertz CT molecular complexity index is 924. The Balaban J connectivity index is 1.65. The lowest BCUT2D eigenvalue weighted by Gasteiger charge is -2.30. The second kappa shape index (κ2) is 7.53. The van der Waals surface area contributed by atoms with Crippen molar-refractivity contribution >= 4 is 17.3 Å². The largest absolute Gasteiger partial charge is 0.365 e. The van der Waals surface area contributed by atoms with Crippen LogP contribution >= 0.6 is 0 Å². The number of aromatic nitrogens is 2. The molecule has 4 rings (SSSR count). The minimum atomic E-state index is -0.473. The Morgan fingerprint density at radius 2 is 2.04 bits per heavy atom. The zero-order valence-corrected chi connectivity index (χ0v) is 15.9. The van der Waals surface area contributed by atoms with E-state index < -0.39 is 4.92 Å². The van der Waals surface area contributed by atoms with Crippen molar-refractivity contribution in [1.82, 2.24) is 14.9 Å². The van der Waals surface area contributed by atoms with Crippen molar-refractivity contribution in [2.45, 2.75) is 39.2 Å². The lowest BCUT2D eigenvalue weighted by Crippen LogP contribution is -2.32. The molecule has 0 spiro atoms. The van der Waals surface area contributed by atoms with Crippen molar-refractivity contribution < 1.29 is 9.72 Å². The van der Waals surface area contributed by atoms with Crippen molar-refractivity contribution in [1.29, 1.82) is 0 Å². The van der Waals surface area contributed by atoms with E-state index in [4.69, 9.17) is 0 Å². The van der Waals surface area contributed by atoms with Gasteiger partial charge in [0.25, 0.3) is 11.6 Å². The van der Waals surface area contributed by atoms with E-state index in [9.17, 15) is 14.9 Å². The molecule has 1 saturated heterocycles. The SMILES string of the molecule is CCc1ncc2c(n1)CN(c1ccc([N+](=O)[O-])c(C(=O)N3CCCC3)c1)CC2. The molecule has 0 saturated carbocycles. The lowest BCUT2D eigenvalue weighted by molar-refractivity contribution is -0.385. The summed E-state index contributed by atoms with van der Waals surface area (Å²) in [6.45, 7) is 4.72. The Kier molecular flexibility index (Phi) is 4.93. The van der Waals surface area contributed by atoms with Gasteiger partial charge in [-0.3, -0.25) is 14.9 Å². The van der Waals surface area contributed by atoms with Crippen LogP contribution in [0.3, 0.4) is 0 Å². The Morgan fingerprint density at radius 3 is 2.75 bits per heavy atom. The minimum Gasteiger partial charge on any atom is -0.365 e. The summed E-state index contributed by atoms with van der Waals surface area (Å²) in [4.78, 5) is 36.7. The molecule has 3 heterocycles. The molecule has 8 nitrogen and oxygen atoms in total. The van der Waals surface area contributed by atoms with Gasteiger partial charge in [-0.1, -0.05) is 6.92 Å². The first-order valence-electron chi connectivity index (χ1n) is 9.73. The Morgan fingerprint density at radius 1 is 1.25 bits per heavy atom. The highest BCUT2D eigenvalue weighted by atomic mass is 16.6. The van der Waals surface area contributed by atoms with Crippen LogP contribution < -0.4 is 4.90 Å². The summed E-state index contributed by atoms with van der Waals surface area (Å²) in [5, 5.41) is 11.5. The molecular formula is C20H23N5O3. The molecule has 1 aromatic carbocycles. The minimum absolute atomic E-state index is 0.131. The third-order valence-corrected chi connectivity index (χ3v) is 5.48. The van der Waals surface area contributed by atoms with Crippen molar-refractivity contribution in [3.8, 4) is 0 Å². The molecular weight excluding hydrogens is 358 g/mol. The molecule has 0 unspecified atom stereocenters. The molecule has 0 radical (unpaired) electrons. The quantitative estimate of drug-likeness (QED) is 0.597. The van der Waals surface area contributed by atoms with Crippen LogP contribution in [-0.2, 0) is 19.4 Å². The number of hydrogen-bond acceptors (Lipinski definition) is 6. The Hall–Kier alpha value is -3.03. The van der Waals surface area contributed by atoms with Crippen LogP contribution in [0.15, 0.2) is 24.4 Å². The van der Waals surface area contributed by atoms with Crippen LogP contribution in [0.2, 0.25) is 0 Å². The number of carbonyl (C=O) groups is 1. The first-order valence-corrected chi connectivity index (χ1v) is 9.73. The summed E-state index contributed by atoms with van der Waals surface area (Å²) in [6.07, 6.45) is 5.38. The first-order chi connectivity index (χ1) is 13.6. The molecule has 146 valence electrons. The normalized spacial score (nSPS) is 16.2. The molecule has 2 aliphatic heterocycles. The van der Waals surface area contributed by atoms with E-state index in [0.717, 1.165) is 55.0 Å². The predicted molar refractivity (Wildman–Crippen MR) is 104 cm³/mol. The summed E-state index contributed by atoms with van der Waals surface area (Å²) < 4.78 is 0. The van der Waals surface area contributed by atoms with Gasteiger partial charge in [-0.25, -0.2) is 9.97 Å². The van der Waals surface area contributed by atoms with E-state index in [2.05, 4.69) is 14.9 Å². The van der Waals surface area contributed by atoms with Crippen molar-refractivity contribution in [2.24, 2.45) is 0 Å². The zero-order valence-electron chi connectivity index (χ0n) is 15.9. The van der Waals surface area contributed by atoms with Gasteiger partial charge in [0.2, 0.25) is 0 Å². The maximum absolute atomic E-state index is 12.9. The van der Waals surface area contributed by atoms with Crippen LogP contribution in [0, 0.1) is 10.1 Å². The number of anilines is 1. The molecule has 8 heteroatoms. The maximum atomic E-state index is 12.9. The molecule has 0 N–H and O–H groups in total. The predicted octanol–water partition coefficient (Wildman–Crippen LogP) is 2.75. The Labute approximate surface area is 163 Å². The van der Waals surface area contributed by atoms with Crippen molar-refractivity contribution in [3.05, 3.63) is 57.2 Å². The molecule has 28 heavy (non-hydrogen) atoms. The summed E-state index contributed by atoms with van der Waals surface area (Å²) in [6, 6.07) is 4.85. The number of rotatable bonds is 4. The molecule has 0 aliphatic carbocycles. The standard InChI is InChI=1S/C20H23N5O3/c1-2-19-21-12-14-7-10-24(13-17(14)22-19)15-5-6-18(25(27)28)16(11-15)20(26)23-8-3-4-9-23/h5-6,11-12H,2-4,7-10,13H2,1H3. The highest BCUT2D eigenvalue weighted by Gasteiger charge is 2.28.